The van der Waals surface area contributed by atoms with Gasteiger partial charge in [-0.05, 0) is 54.4 Å². The number of piperidine rings is 2. The molecule has 192 valence electrons. The molecule has 0 aliphatic carbocycles. The minimum atomic E-state index is -0.510. The monoisotopic (exact) mass is 504 g/mol. The number of carbonyl (C=O) groups excluding carboxylic acids is 2. The summed E-state index contributed by atoms with van der Waals surface area (Å²) in [4.78, 5) is 26.4. The number of nitrogens with zero attached hydrogens (tertiary/aromatic N) is 2. The molecule has 2 amide bonds. The van der Waals surface area contributed by atoms with Crippen LogP contribution in [0.5, 0.6) is 0 Å². The summed E-state index contributed by atoms with van der Waals surface area (Å²) in [6.45, 7) is 12.7. The summed E-state index contributed by atoms with van der Waals surface area (Å²) in [7, 11) is 0. The fraction of sp³-hybridized carbons (Fsp3) is 0.900. The van der Waals surface area contributed by atoms with E-state index in [-0.39, 0.29) is 49.1 Å². The van der Waals surface area contributed by atoms with Gasteiger partial charge in [0, 0.05) is 38.3 Å². The topological polar surface area (TPSA) is 152 Å². The van der Waals surface area contributed by atoms with Gasteiger partial charge >= 0.3 is 12.2 Å². The van der Waals surface area contributed by atoms with Crippen molar-refractivity contribution in [1.82, 2.24) is 9.80 Å². The molecule has 0 spiro atoms. The zero-order valence-electron chi connectivity index (χ0n) is 19.9. The summed E-state index contributed by atoms with van der Waals surface area (Å²) >= 11 is 0. The second-order valence-electron chi connectivity index (χ2n) is 9.89. The predicted molar refractivity (Wildman–Crippen MR) is 127 cm³/mol. The average Bonchev–Trinajstić information content (AvgIpc) is 2.57. The third-order valence-electron chi connectivity index (χ3n) is 4.54. The second kappa shape index (κ2) is 13.6. The van der Waals surface area contributed by atoms with Gasteiger partial charge in [-0.2, -0.15) is 0 Å². The fourth-order valence-corrected chi connectivity index (χ4v) is 2.92. The van der Waals surface area contributed by atoms with Crippen LogP contribution in [0.4, 0.5) is 9.59 Å². The van der Waals surface area contributed by atoms with Crippen molar-refractivity contribution in [2.45, 2.75) is 89.9 Å². The third-order valence-corrected chi connectivity index (χ3v) is 4.54. The molecular formula is C20H42Cl2N4O6. The molecule has 2 heterocycles. The van der Waals surface area contributed by atoms with Crippen LogP contribution < -0.4 is 11.5 Å². The van der Waals surface area contributed by atoms with E-state index in [1.54, 1.807) is 9.80 Å². The Hall–Kier alpha value is -1.04. The zero-order chi connectivity index (χ0) is 23.3. The van der Waals surface area contributed by atoms with Crippen molar-refractivity contribution >= 4 is 37.0 Å². The van der Waals surface area contributed by atoms with Crippen molar-refractivity contribution in [3.05, 3.63) is 0 Å². The molecule has 2 fully saturated rings. The Balaban J connectivity index is 0. The maximum absolute atomic E-state index is 11.6. The molecule has 6 N–H and O–H groups in total. The van der Waals surface area contributed by atoms with E-state index in [1.807, 2.05) is 41.5 Å². The summed E-state index contributed by atoms with van der Waals surface area (Å²) in [5, 5.41) is 18.8. The molecule has 2 saturated heterocycles. The van der Waals surface area contributed by atoms with Gasteiger partial charge in [0.2, 0.25) is 0 Å². The van der Waals surface area contributed by atoms with Crippen LogP contribution in [-0.2, 0) is 9.47 Å². The van der Waals surface area contributed by atoms with Gasteiger partial charge in [-0.3, -0.25) is 0 Å². The Morgan fingerprint density at radius 1 is 0.750 bits per heavy atom. The molecule has 2 aliphatic heterocycles. The molecule has 0 aromatic rings. The van der Waals surface area contributed by atoms with Crippen LogP contribution in [0, 0.1) is 0 Å². The molecule has 0 bridgehead atoms. The quantitative estimate of drug-likeness (QED) is 0.386. The highest BCUT2D eigenvalue weighted by Crippen LogP contribution is 2.16. The molecule has 32 heavy (non-hydrogen) atoms. The number of aliphatic hydroxyl groups is 2. The molecule has 4 atom stereocenters. The lowest BCUT2D eigenvalue weighted by Gasteiger charge is -2.35. The van der Waals surface area contributed by atoms with E-state index in [9.17, 15) is 19.8 Å². The van der Waals surface area contributed by atoms with Crippen LogP contribution in [0.25, 0.3) is 0 Å². The van der Waals surface area contributed by atoms with E-state index in [1.165, 1.54) is 0 Å². The highest BCUT2D eigenvalue weighted by atomic mass is 35.5. The molecule has 2 rings (SSSR count). The Morgan fingerprint density at radius 2 is 1.03 bits per heavy atom. The molecule has 12 heteroatoms. The summed E-state index contributed by atoms with van der Waals surface area (Å²) < 4.78 is 10.4. The van der Waals surface area contributed by atoms with Crippen molar-refractivity contribution in [2.75, 3.05) is 26.2 Å². The van der Waals surface area contributed by atoms with Gasteiger partial charge in [0.25, 0.3) is 0 Å². The van der Waals surface area contributed by atoms with Crippen molar-refractivity contribution in [2.24, 2.45) is 11.5 Å². The highest BCUT2D eigenvalue weighted by molar-refractivity contribution is 5.85. The van der Waals surface area contributed by atoms with Crippen LogP contribution in [0.1, 0.15) is 54.4 Å². The summed E-state index contributed by atoms with van der Waals surface area (Å²) in [5.74, 6) is 0. The maximum Gasteiger partial charge on any atom is 0.410 e. The van der Waals surface area contributed by atoms with Gasteiger partial charge in [-0.1, -0.05) is 0 Å². The highest BCUT2D eigenvalue weighted by Gasteiger charge is 2.31. The molecule has 0 aromatic heterocycles. The Kier molecular flexibility index (Phi) is 14.1. The van der Waals surface area contributed by atoms with Gasteiger partial charge < -0.3 is 41.0 Å². The van der Waals surface area contributed by atoms with Gasteiger partial charge in [-0.15, -0.1) is 24.8 Å². The SMILES string of the molecule is CC(C)(C)OC(=O)N1CC[C@@H](O)[C@@H](N)C1.CC(C)(C)OC(=O)N1CC[C@H](O)[C@H](N)C1.Cl.Cl. The lowest BCUT2D eigenvalue weighted by molar-refractivity contribution is 0.00381. The zero-order valence-corrected chi connectivity index (χ0v) is 21.6. The average molecular weight is 505 g/mol. The lowest BCUT2D eigenvalue weighted by atomic mass is 10.0. The van der Waals surface area contributed by atoms with Crippen molar-refractivity contribution in [1.29, 1.82) is 0 Å². The van der Waals surface area contributed by atoms with Gasteiger partial charge in [0.05, 0.1) is 12.2 Å². The van der Waals surface area contributed by atoms with E-state index in [2.05, 4.69) is 0 Å². The molecule has 0 aromatic carbocycles. The summed E-state index contributed by atoms with van der Waals surface area (Å²) in [6.07, 6.45) is -0.706. The Bertz CT molecular complexity index is 535. The van der Waals surface area contributed by atoms with Gasteiger partial charge in [-0.25, -0.2) is 9.59 Å². The van der Waals surface area contributed by atoms with Crippen molar-refractivity contribution < 1.29 is 29.3 Å². The summed E-state index contributed by atoms with van der Waals surface area (Å²) in [5.41, 5.74) is 10.4. The molecule has 0 radical (unpaired) electrons. The normalized spacial score (nSPS) is 25.9. The first kappa shape index (κ1) is 33.1. The van der Waals surface area contributed by atoms with Crippen molar-refractivity contribution in [3.8, 4) is 0 Å². The fourth-order valence-electron chi connectivity index (χ4n) is 2.92. The summed E-state index contributed by atoms with van der Waals surface area (Å²) in [6, 6.07) is -0.738. The van der Waals surface area contributed by atoms with E-state index in [4.69, 9.17) is 20.9 Å². The van der Waals surface area contributed by atoms with Gasteiger partial charge in [0.15, 0.2) is 0 Å². The van der Waals surface area contributed by atoms with Gasteiger partial charge in [0.1, 0.15) is 11.2 Å². The first-order valence-electron chi connectivity index (χ1n) is 10.4. The standard InChI is InChI=1S/2C10H20N2O3.2ClH/c2*1-10(2,3)15-9(14)12-5-4-8(13)7(11)6-12;;/h2*7-8,13H,4-6,11H2,1-3H3;2*1H/t2*7-,8+;;/m10../s1. The lowest BCUT2D eigenvalue weighted by Crippen LogP contribution is -2.53. The smallest absolute Gasteiger partial charge is 0.410 e. The second-order valence-corrected chi connectivity index (χ2v) is 9.89. The maximum atomic E-state index is 11.6. The first-order chi connectivity index (χ1) is 13.6. The largest absolute Gasteiger partial charge is 0.444 e. The van der Waals surface area contributed by atoms with E-state index in [0.29, 0.717) is 39.0 Å². The van der Waals surface area contributed by atoms with Crippen LogP contribution in [0.15, 0.2) is 0 Å². The minimum absolute atomic E-state index is 0. The third kappa shape index (κ3) is 12.3. The molecule has 0 saturated carbocycles. The van der Waals surface area contributed by atoms with Crippen LogP contribution >= 0.6 is 24.8 Å². The van der Waals surface area contributed by atoms with E-state index in [0.717, 1.165) is 0 Å². The number of likely N-dealkylation sites (tertiary alicyclic amines) is 2. The molecule has 10 nitrogen and oxygen atoms in total. The predicted octanol–water partition coefficient (Wildman–Crippen LogP) is 1.47. The number of carbonyl (C=O) groups is 2. The molecule has 0 unspecified atom stereocenters. The minimum Gasteiger partial charge on any atom is -0.444 e. The number of amides is 2. The van der Waals surface area contributed by atoms with E-state index < -0.39 is 23.4 Å². The van der Waals surface area contributed by atoms with E-state index >= 15 is 0 Å². The first-order valence-corrected chi connectivity index (χ1v) is 10.4. The number of nitrogens with two attached hydrogens (primary N) is 2. The Morgan fingerprint density at radius 3 is 1.25 bits per heavy atom. The van der Waals surface area contributed by atoms with Crippen LogP contribution in [-0.4, -0.2) is 93.9 Å². The number of ether oxygens (including phenoxy) is 2. The Labute approximate surface area is 203 Å². The number of hydrogen-bond donors (Lipinski definition) is 4. The number of hydrogen-bond acceptors (Lipinski definition) is 8. The van der Waals surface area contributed by atoms with Crippen LogP contribution in [0.3, 0.4) is 0 Å². The molecule has 2 aliphatic rings. The number of halogens is 2. The van der Waals surface area contributed by atoms with Crippen molar-refractivity contribution in [3.63, 3.8) is 0 Å². The molecular weight excluding hydrogens is 463 g/mol. The van der Waals surface area contributed by atoms with Crippen LogP contribution in [0.2, 0.25) is 0 Å². The number of aliphatic hydroxyl groups excluding tert-OH is 2. The number of rotatable bonds is 0.